The number of aliphatic hydroxyl groups is 1. The minimum absolute atomic E-state index is 0.118. The number of nitrogens with zero attached hydrogens (tertiary/aromatic N) is 1. The van der Waals surface area contributed by atoms with Crippen LogP contribution >= 0.6 is 0 Å². The predicted octanol–water partition coefficient (Wildman–Crippen LogP) is 3.71. The van der Waals surface area contributed by atoms with Gasteiger partial charge in [-0.3, -0.25) is 4.79 Å². The Bertz CT molecular complexity index is 995. The van der Waals surface area contributed by atoms with Gasteiger partial charge in [0.05, 0.1) is 12.8 Å². The second-order valence-corrected chi connectivity index (χ2v) is 7.59. The van der Waals surface area contributed by atoms with Crippen molar-refractivity contribution in [1.82, 2.24) is 5.16 Å². The molecule has 0 saturated carbocycles. The molecular weight excluding hydrogens is 443 g/mol. The number of aliphatic hydroxyl groups excluding tert-OH is 1. The molecule has 1 aliphatic heterocycles. The molecule has 0 unspecified atom stereocenters. The summed E-state index contributed by atoms with van der Waals surface area (Å²) < 4.78 is 85.3. The Morgan fingerprint density at radius 1 is 1.34 bits per heavy atom. The van der Waals surface area contributed by atoms with Gasteiger partial charge in [0.1, 0.15) is 18.4 Å². The molecule has 3 rings (SSSR count). The first-order valence-corrected chi connectivity index (χ1v) is 9.60. The fraction of sp³-hybridized carbons (Fsp3) is 0.500. The normalized spacial score (nSPS) is 25.7. The smallest absolute Gasteiger partial charge is 0.417 e. The molecule has 4 atom stereocenters. The van der Waals surface area contributed by atoms with Gasteiger partial charge in [0.25, 0.3) is 5.91 Å². The van der Waals surface area contributed by atoms with Crippen LogP contribution in [0.25, 0.3) is 0 Å². The fourth-order valence-corrected chi connectivity index (χ4v) is 3.75. The van der Waals surface area contributed by atoms with Gasteiger partial charge >= 0.3 is 6.18 Å². The van der Waals surface area contributed by atoms with E-state index in [-0.39, 0.29) is 17.0 Å². The highest BCUT2D eigenvalue weighted by atomic mass is 19.4. The molecule has 12 heteroatoms. The van der Waals surface area contributed by atoms with E-state index >= 15 is 0 Å². The summed E-state index contributed by atoms with van der Waals surface area (Å²) in [5.74, 6) is -6.96. The summed E-state index contributed by atoms with van der Waals surface area (Å²) in [6.45, 7) is 2.48. The molecule has 2 N–H and O–H groups in total. The van der Waals surface area contributed by atoms with Crippen LogP contribution in [0.4, 0.5) is 27.6 Å². The van der Waals surface area contributed by atoms with Crippen molar-refractivity contribution in [2.75, 3.05) is 18.5 Å². The van der Waals surface area contributed by atoms with E-state index in [2.05, 4.69) is 10.5 Å². The molecule has 1 aromatic heterocycles. The van der Waals surface area contributed by atoms with Gasteiger partial charge < -0.3 is 24.4 Å². The van der Waals surface area contributed by atoms with Gasteiger partial charge in [-0.15, -0.1) is 0 Å². The molecule has 176 valence electrons. The Kier molecular flexibility index (Phi) is 6.47. The van der Waals surface area contributed by atoms with Crippen molar-refractivity contribution < 1.29 is 45.8 Å². The standard InChI is InChI=1S/C20H21F5N2O5/c1-9-14(11-4-5-12(21)15(22)16(11)30-7-6-28)17(31-19(9,3)20(23,24)25)18(29)27-13-8-26-32-10(13)2/h4-5,8-9,14,17,28H,6-7H2,1-3H3,(H,27,29)/t9-,14-,17+,19+/m0/s1. The average Bonchev–Trinajstić information content (AvgIpc) is 3.24. The molecule has 0 aliphatic carbocycles. The molecule has 1 aromatic carbocycles. The first kappa shape index (κ1) is 23.9. The van der Waals surface area contributed by atoms with E-state index in [1.54, 1.807) is 0 Å². The molecular formula is C20H21F5N2O5. The Hall–Kier alpha value is -2.73. The minimum atomic E-state index is -4.88. The third-order valence-corrected chi connectivity index (χ3v) is 5.71. The minimum Gasteiger partial charge on any atom is -0.488 e. The SMILES string of the molecule is Cc1oncc1NC(=O)[C@@H]1O[C@@](C)(C(F)(F)F)[C@@H](C)[C@H]1c1ccc(F)c(F)c1OCCO. The van der Waals surface area contributed by atoms with Gasteiger partial charge in [-0.25, -0.2) is 4.39 Å². The molecule has 1 fully saturated rings. The first-order chi connectivity index (χ1) is 14.9. The average molecular weight is 464 g/mol. The number of alkyl halides is 3. The maximum Gasteiger partial charge on any atom is 0.417 e. The number of aromatic nitrogens is 1. The van der Waals surface area contributed by atoms with Crippen LogP contribution in [0.5, 0.6) is 5.75 Å². The van der Waals surface area contributed by atoms with E-state index in [0.29, 0.717) is 0 Å². The molecule has 7 nitrogen and oxygen atoms in total. The van der Waals surface area contributed by atoms with Crippen LogP contribution in [0.2, 0.25) is 0 Å². The van der Waals surface area contributed by atoms with Crippen LogP contribution in [0, 0.1) is 24.5 Å². The Morgan fingerprint density at radius 2 is 2.03 bits per heavy atom. The predicted molar refractivity (Wildman–Crippen MR) is 100 cm³/mol. The topological polar surface area (TPSA) is 93.8 Å². The number of carbonyl (C=O) groups excluding carboxylic acids is 1. The molecule has 2 aromatic rings. The van der Waals surface area contributed by atoms with E-state index in [1.165, 1.54) is 13.8 Å². The number of carbonyl (C=O) groups is 1. The number of rotatable bonds is 6. The lowest BCUT2D eigenvalue weighted by molar-refractivity contribution is -0.272. The van der Waals surface area contributed by atoms with Crippen LogP contribution in [-0.2, 0) is 9.53 Å². The number of aryl methyl sites for hydroxylation is 1. The van der Waals surface area contributed by atoms with Gasteiger partial charge in [-0.1, -0.05) is 18.1 Å². The number of benzene rings is 1. The Labute approximate surface area is 179 Å². The Morgan fingerprint density at radius 3 is 2.59 bits per heavy atom. The highest BCUT2D eigenvalue weighted by Gasteiger charge is 2.66. The quantitative estimate of drug-likeness (QED) is 0.634. The third kappa shape index (κ3) is 4.04. The first-order valence-electron chi connectivity index (χ1n) is 9.60. The molecule has 2 heterocycles. The zero-order valence-corrected chi connectivity index (χ0v) is 17.3. The van der Waals surface area contributed by atoms with Crippen LogP contribution in [0.15, 0.2) is 22.9 Å². The van der Waals surface area contributed by atoms with Crippen LogP contribution < -0.4 is 10.1 Å². The zero-order chi connectivity index (χ0) is 23.8. The van der Waals surface area contributed by atoms with Crippen LogP contribution in [0.1, 0.15) is 31.1 Å². The van der Waals surface area contributed by atoms with Gasteiger partial charge in [-0.2, -0.15) is 17.6 Å². The monoisotopic (exact) mass is 464 g/mol. The lowest BCUT2D eigenvalue weighted by Crippen LogP contribution is -2.47. The zero-order valence-electron chi connectivity index (χ0n) is 17.3. The van der Waals surface area contributed by atoms with Crippen molar-refractivity contribution in [3.63, 3.8) is 0 Å². The summed E-state index contributed by atoms with van der Waals surface area (Å²) in [5, 5.41) is 14.9. The molecule has 1 amide bonds. The van der Waals surface area contributed by atoms with Gasteiger partial charge in [0.2, 0.25) is 5.82 Å². The fourth-order valence-electron chi connectivity index (χ4n) is 3.75. The highest BCUT2D eigenvalue weighted by molar-refractivity contribution is 5.95. The largest absolute Gasteiger partial charge is 0.488 e. The van der Waals surface area contributed by atoms with Crippen molar-refractivity contribution in [1.29, 1.82) is 0 Å². The second kappa shape index (κ2) is 8.66. The van der Waals surface area contributed by atoms with Gasteiger partial charge in [0.15, 0.2) is 22.9 Å². The van der Waals surface area contributed by atoms with E-state index in [0.717, 1.165) is 25.3 Å². The van der Waals surface area contributed by atoms with Crippen molar-refractivity contribution in [3.05, 3.63) is 41.3 Å². The lowest BCUT2D eigenvalue weighted by Gasteiger charge is -2.32. The summed E-state index contributed by atoms with van der Waals surface area (Å²) in [6.07, 6.45) is -5.46. The highest BCUT2D eigenvalue weighted by Crippen LogP contribution is 2.55. The van der Waals surface area contributed by atoms with E-state index in [1.807, 2.05) is 0 Å². The van der Waals surface area contributed by atoms with Crippen molar-refractivity contribution in [2.45, 2.75) is 44.6 Å². The number of hydrogen-bond donors (Lipinski definition) is 2. The summed E-state index contributed by atoms with van der Waals surface area (Å²) in [6, 6.07) is 1.77. The summed E-state index contributed by atoms with van der Waals surface area (Å²) in [5.41, 5.74) is -2.85. The molecule has 0 radical (unpaired) electrons. The second-order valence-electron chi connectivity index (χ2n) is 7.59. The number of halogens is 5. The molecule has 32 heavy (non-hydrogen) atoms. The molecule has 1 aliphatic rings. The lowest BCUT2D eigenvalue weighted by atomic mass is 9.77. The summed E-state index contributed by atoms with van der Waals surface area (Å²) in [4.78, 5) is 13.0. The van der Waals surface area contributed by atoms with E-state index in [9.17, 15) is 26.7 Å². The number of hydrogen-bond acceptors (Lipinski definition) is 6. The maximum atomic E-state index is 14.5. The number of ether oxygens (including phenoxy) is 2. The molecule has 0 spiro atoms. The van der Waals surface area contributed by atoms with E-state index in [4.69, 9.17) is 19.1 Å². The van der Waals surface area contributed by atoms with Crippen LogP contribution in [-0.4, -0.2) is 47.3 Å². The third-order valence-electron chi connectivity index (χ3n) is 5.71. The molecule has 1 saturated heterocycles. The van der Waals surface area contributed by atoms with Crippen molar-refractivity contribution in [3.8, 4) is 5.75 Å². The number of nitrogens with one attached hydrogen (secondary N) is 1. The van der Waals surface area contributed by atoms with Crippen molar-refractivity contribution >= 4 is 11.6 Å². The van der Waals surface area contributed by atoms with Crippen LogP contribution in [0.3, 0.4) is 0 Å². The Balaban J connectivity index is 2.10. The molecule has 0 bridgehead atoms. The van der Waals surface area contributed by atoms with Gasteiger partial charge in [0, 0.05) is 17.4 Å². The summed E-state index contributed by atoms with van der Waals surface area (Å²) >= 11 is 0. The van der Waals surface area contributed by atoms with Crippen molar-refractivity contribution in [2.24, 2.45) is 5.92 Å². The number of amides is 1. The maximum absolute atomic E-state index is 14.5. The summed E-state index contributed by atoms with van der Waals surface area (Å²) in [7, 11) is 0. The van der Waals surface area contributed by atoms with E-state index < -0.39 is 66.2 Å². The van der Waals surface area contributed by atoms with Gasteiger partial charge in [-0.05, 0) is 19.9 Å². The number of anilines is 1.